The Balaban J connectivity index is 1.60. The third-order valence-electron chi connectivity index (χ3n) is 6.28. The lowest BCUT2D eigenvalue weighted by atomic mass is 10.1. The van der Waals surface area contributed by atoms with Crippen LogP contribution in [0.15, 0.2) is 43.2 Å². The van der Waals surface area contributed by atoms with Crippen LogP contribution in [0.25, 0.3) is 22.3 Å². The van der Waals surface area contributed by atoms with Gasteiger partial charge in [-0.15, -0.1) is 0 Å². The van der Waals surface area contributed by atoms with Crippen LogP contribution in [-0.2, 0) is 16.1 Å². The fourth-order valence-corrected chi connectivity index (χ4v) is 4.98. The minimum absolute atomic E-state index is 0.0215. The Hall–Kier alpha value is -3.26. The number of ether oxygens (including phenoxy) is 1. The number of nitrogens with two attached hydrogens (primary N) is 1. The predicted octanol–water partition coefficient (Wildman–Crippen LogP) is 2.57. The topological polar surface area (TPSA) is 99.2 Å². The Morgan fingerprint density at radius 1 is 1.27 bits per heavy atom. The number of fused-ring (bicyclic) bond motifs is 3. The number of amides is 1. The number of nitrogen functional groups attached to an aromatic ring is 1. The first-order valence-corrected chi connectivity index (χ1v) is 10.1. The number of methoxy groups -OCH3 is 1. The number of piperidine rings is 1. The number of carbonyl (C=O) groups excluding carboxylic acids is 1. The quantitative estimate of drug-likeness (QED) is 0.656. The third kappa shape index (κ3) is 2.87. The fourth-order valence-electron chi connectivity index (χ4n) is 4.98. The van der Waals surface area contributed by atoms with Crippen LogP contribution in [0.3, 0.4) is 0 Å². The molecule has 1 aromatic carbocycles. The van der Waals surface area contributed by atoms with Crippen LogP contribution < -0.4 is 5.73 Å². The van der Waals surface area contributed by atoms with Gasteiger partial charge in [-0.25, -0.2) is 14.6 Å². The van der Waals surface area contributed by atoms with E-state index in [1.807, 2.05) is 33.8 Å². The van der Waals surface area contributed by atoms with Gasteiger partial charge >= 0.3 is 0 Å². The van der Waals surface area contributed by atoms with Crippen LogP contribution in [0.5, 0.6) is 0 Å². The molecule has 1 aliphatic carbocycles. The van der Waals surface area contributed by atoms with Gasteiger partial charge in [0.15, 0.2) is 5.65 Å². The van der Waals surface area contributed by atoms with Crippen LogP contribution in [0.4, 0.5) is 5.82 Å². The summed E-state index contributed by atoms with van der Waals surface area (Å²) < 4.78 is 7.16. The molecule has 8 nitrogen and oxygen atoms in total. The first kappa shape index (κ1) is 18.7. The van der Waals surface area contributed by atoms with Gasteiger partial charge in [-0.05, 0) is 30.4 Å². The molecule has 1 aliphatic heterocycles. The second-order valence-corrected chi connectivity index (χ2v) is 8.05. The molecule has 154 valence electrons. The van der Waals surface area contributed by atoms with Crippen molar-refractivity contribution in [1.82, 2.24) is 24.6 Å². The molecule has 2 bridgehead atoms. The molecule has 1 saturated heterocycles. The van der Waals surface area contributed by atoms with E-state index in [4.69, 9.17) is 15.6 Å². The lowest BCUT2D eigenvalue weighted by Crippen LogP contribution is -2.42. The van der Waals surface area contributed by atoms with Crippen molar-refractivity contribution in [3.05, 3.63) is 48.8 Å². The van der Waals surface area contributed by atoms with Crippen molar-refractivity contribution in [2.75, 3.05) is 19.4 Å². The molecule has 8 heteroatoms. The van der Waals surface area contributed by atoms with Gasteiger partial charge < -0.3 is 15.4 Å². The molecule has 1 saturated carbocycles. The van der Waals surface area contributed by atoms with E-state index < -0.39 is 0 Å². The van der Waals surface area contributed by atoms with E-state index in [9.17, 15) is 4.79 Å². The van der Waals surface area contributed by atoms with Gasteiger partial charge in [0.1, 0.15) is 17.8 Å². The summed E-state index contributed by atoms with van der Waals surface area (Å²) in [5, 5.41) is 5.71. The van der Waals surface area contributed by atoms with Gasteiger partial charge in [-0.3, -0.25) is 4.79 Å². The van der Waals surface area contributed by atoms with Crippen molar-refractivity contribution in [2.24, 2.45) is 5.92 Å². The highest BCUT2D eigenvalue weighted by Gasteiger charge is 2.48. The van der Waals surface area contributed by atoms with Crippen LogP contribution >= 0.6 is 0 Å². The third-order valence-corrected chi connectivity index (χ3v) is 6.28. The molecule has 2 aliphatic rings. The number of nitrogens with zero attached hydrogens (tertiary/aromatic N) is 5. The summed E-state index contributed by atoms with van der Waals surface area (Å²) in [4.78, 5) is 23.0. The van der Waals surface area contributed by atoms with E-state index >= 15 is 0 Å². The molecule has 3 aromatic rings. The molecule has 30 heavy (non-hydrogen) atoms. The van der Waals surface area contributed by atoms with Crippen molar-refractivity contribution in [1.29, 1.82) is 0 Å². The zero-order valence-corrected chi connectivity index (χ0v) is 16.9. The highest BCUT2D eigenvalue weighted by Crippen LogP contribution is 2.46. The summed E-state index contributed by atoms with van der Waals surface area (Å²) >= 11 is 0. The van der Waals surface area contributed by atoms with Gasteiger partial charge in [-0.1, -0.05) is 30.8 Å². The molecule has 2 N–H and O–H groups in total. The van der Waals surface area contributed by atoms with Gasteiger partial charge in [0.05, 0.1) is 24.1 Å². The largest absolute Gasteiger partial charge is 0.383 e. The van der Waals surface area contributed by atoms with Crippen molar-refractivity contribution in [2.45, 2.75) is 31.5 Å². The number of rotatable bonds is 5. The standard InChI is InChI=1S/C22H24N6O2/c1-3-18(29)27-10-14-8-16(27)17(9-14)28-22-19(21(23)24-12-25-22)20(26-28)15-6-4-13(5-7-15)11-30-2/h3-7,12,14,16-17H,1,8-11H2,2H3,(H2,23,24,25). The SMILES string of the molecule is C=CC(=O)N1CC2CC1C(n1nc(-c3ccc(COC)cc3)c3c(N)ncnc31)C2. The summed E-state index contributed by atoms with van der Waals surface area (Å²) in [6.07, 6.45) is 4.82. The maximum absolute atomic E-state index is 12.3. The lowest BCUT2D eigenvalue weighted by molar-refractivity contribution is -0.128. The number of hydrogen-bond acceptors (Lipinski definition) is 6. The Labute approximate surface area is 174 Å². The molecule has 2 aromatic heterocycles. The second kappa shape index (κ2) is 7.21. The predicted molar refractivity (Wildman–Crippen MR) is 113 cm³/mol. The smallest absolute Gasteiger partial charge is 0.246 e. The maximum Gasteiger partial charge on any atom is 0.246 e. The summed E-state index contributed by atoms with van der Waals surface area (Å²) in [6, 6.07) is 8.22. The number of anilines is 1. The molecule has 3 heterocycles. The van der Waals surface area contributed by atoms with E-state index in [-0.39, 0.29) is 18.0 Å². The zero-order valence-electron chi connectivity index (χ0n) is 16.9. The van der Waals surface area contributed by atoms with Crippen LogP contribution in [0.1, 0.15) is 24.4 Å². The fraction of sp³-hybridized carbons (Fsp3) is 0.364. The number of benzene rings is 1. The molecule has 3 unspecified atom stereocenters. The number of hydrogen-bond donors (Lipinski definition) is 1. The summed E-state index contributed by atoms with van der Waals surface area (Å²) in [6.45, 7) is 4.99. The van der Waals surface area contributed by atoms with Gasteiger partial charge in [0, 0.05) is 19.2 Å². The Morgan fingerprint density at radius 2 is 2.03 bits per heavy atom. The Bertz CT molecular complexity index is 1120. The molecule has 5 rings (SSSR count). The number of aromatic nitrogens is 4. The molecule has 0 radical (unpaired) electrons. The van der Waals surface area contributed by atoms with Crippen LogP contribution in [0, 0.1) is 5.92 Å². The van der Waals surface area contributed by atoms with E-state index in [1.54, 1.807) is 7.11 Å². The van der Waals surface area contributed by atoms with Gasteiger partial charge in [-0.2, -0.15) is 5.10 Å². The van der Waals surface area contributed by atoms with Crippen molar-refractivity contribution in [3.63, 3.8) is 0 Å². The first-order valence-electron chi connectivity index (χ1n) is 10.1. The Morgan fingerprint density at radius 3 is 2.73 bits per heavy atom. The lowest BCUT2D eigenvalue weighted by Gasteiger charge is -2.32. The van der Waals surface area contributed by atoms with Crippen molar-refractivity contribution >= 4 is 22.8 Å². The highest BCUT2D eigenvalue weighted by atomic mass is 16.5. The average Bonchev–Trinajstić information content (AvgIpc) is 3.47. The summed E-state index contributed by atoms with van der Waals surface area (Å²) in [5.41, 5.74) is 9.76. The summed E-state index contributed by atoms with van der Waals surface area (Å²) in [5.74, 6) is 0.857. The summed E-state index contributed by atoms with van der Waals surface area (Å²) in [7, 11) is 1.68. The molecular weight excluding hydrogens is 380 g/mol. The molecule has 0 spiro atoms. The second-order valence-electron chi connectivity index (χ2n) is 8.05. The van der Waals surface area contributed by atoms with Gasteiger partial charge in [0.25, 0.3) is 0 Å². The van der Waals surface area contributed by atoms with Gasteiger partial charge in [0.2, 0.25) is 5.91 Å². The molecular formula is C22H24N6O2. The van der Waals surface area contributed by atoms with Crippen molar-refractivity contribution in [3.8, 4) is 11.3 Å². The highest BCUT2D eigenvalue weighted by molar-refractivity contribution is 5.98. The molecule has 1 amide bonds. The van der Waals surface area contributed by atoms with Crippen LogP contribution in [0.2, 0.25) is 0 Å². The monoisotopic (exact) mass is 404 g/mol. The molecule has 2 fully saturated rings. The first-order chi connectivity index (χ1) is 14.6. The average molecular weight is 404 g/mol. The van der Waals surface area contributed by atoms with E-state index in [1.165, 1.54) is 12.4 Å². The normalized spacial score (nSPS) is 22.7. The van der Waals surface area contributed by atoms with E-state index in [0.717, 1.165) is 41.6 Å². The van der Waals surface area contributed by atoms with Crippen LogP contribution in [-0.4, -0.2) is 50.3 Å². The van der Waals surface area contributed by atoms with E-state index in [2.05, 4.69) is 16.5 Å². The van der Waals surface area contributed by atoms with E-state index in [0.29, 0.717) is 24.0 Å². The number of carbonyl (C=O) groups is 1. The minimum atomic E-state index is -0.0215. The number of likely N-dealkylation sites (tertiary alicyclic amines) is 1. The zero-order chi connectivity index (χ0) is 20.8. The maximum atomic E-state index is 12.3. The Kier molecular flexibility index (Phi) is 4.51. The minimum Gasteiger partial charge on any atom is -0.383 e. The molecule has 3 atom stereocenters. The van der Waals surface area contributed by atoms with Crippen molar-refractivity contribution < 1.29 is 9.53 Å².